The Bertz CT molecular complexity index is 903. The maximum absolute atomic E-state index is 13.0. The SMILES string of the molecule is Cc1cc(CC[C@@H]2CCCN2C(=O)c2cnn3cccnc23)ccn1. The molecule has 1 aliphatic rings. The monoisotopic (exact) mass is 335 g/mol. The Morgan fingerprint density at radius 1 is 1.32 bits per heavy atom. The number of likely N-dealkylation sites (tertiary alicyclic amines) is 1. The lowest BCUT2D eigenvalue weighted by Gasteiger charge is -2.24. The quantitative estimate of drug-likeness (QED) is 0.735. The zero-order valence-corrected chi connectivity index (χ0v) is 14.3. The molecule has 0 aliphatic carbocycles. The summed E-state index contributed by atoms with van der Waals surface area (Å²) in [6.45, 7) is 2.82. The highest BCUT2D eigenvalue weighted by molar-refractivity contribution is 5.99. The van der Waals surface area contributed by atoms with E-state index in [-0.39, 0.29) is 11.9 Å². The highest BCUT2D eigenvalue weighted by Crippen LogP contribution is 2.25. The van der Waals surface area contributed by atoms with E-state index in [1.165, 1.54) is 5.56 Å². The zero-order valence-electron chi connectivity index (χ0n) is 14.3. The fraction of sp³-hybridized carbons (Fsp3) is 0.368. The normalized spacial score (nSPS) is 17.3. The maximum Gasteiger partial charge on any atom is 0.259 e. The minimum atomic E-state index is 0.0436. The highest BCUT2D eigenvalue weighted by Gasteiger charge is 2.30. The van der Waals surface area contributed by atoms with Crippen molar-refractivity contribution in [2.75, 3.05) is 6.54 Å². The second-order valence-corrected chi connectivity index (χ2v) is 6.58. The molecule has 0 spiro atoms. The van der Waals surface area contributed by atoms with Crippen LogP contribution in [0.15, 0.2) is 43.0 Å². The van der Waals surface area contributed by atoms with Crippen molar-refractivity contribution in [2.45, 2.75) is 38.6 Å². The Kier molecular flexibility index (Phi) is 4.17. The van der Waals surface area contributed by atoms with E-state index in [0.29, 0.717) is 11.2 Å². The van der Waals surface area contributed by atoms with Crippen LogP contribution in [0.2, 0.25) is 0 Å². The summed E-state index contributed by atoms with van der Waals surface area (Å²) in [6.07, 6.45) is 11.0. The van der Waals surface area contributed by atoms with Crippen molar-refractivity contribution in [2.24, 2.45) is 0 Å². The van der Waals surface area contributed by atoms with Crippen LogP contribution in [0.1, 0.15) is 40.9 Å². The second-order valence-electron chi connectivity index (χ2n) is 6.58. The van der Waals surface area contributed by atoms with Gasteiger partial charge in [0.05, 0.1) is 6.20 Å². The number of aryl methyl sites for hydroxylation is 2. The molecule has 25 heavy (non-hydrogen) atoms. The smallest absolute Gasteiger partial charge is 0.259 e. The zero-order chi connectivity index (χ0) is 17.2. The van der Waals surface area contributed by atoms with E-state index in [2.05, 4.69) is 27.2 Å². The van der Waals surface area contributed by atoms with Crippen molar-refractivity contribution in [1.29, 1.82) is 0 Å². The number of aromatic nitrogens is 4. The van der Waals surface area contributed by atoms with Crippen LogP contribution in [-0.2, 0) is 6.42 Å². The molecular formula is C19H21N5O. The average Bonchev–Trinajstić information content (AvgIpc) is 3.26. The van der Waals surface area contributed by atoms with Crippen molar-refractivity contribution in [3.8, 4) is 0 Å². The molecule has 3 aromatic heterocycles. The minimum Gasteiger partial charge on any atom is -0.335 e. The van der Waals surface area contributed by atoms with Crippen molar-refractivity contribution < 1.29 is 4.79 Å². The summed E-state index contributed by atoms with van der Waals surface area (Å²) >= 11 is 0. The van der Waals surface area contributed by atoms with Gasteiger partial charge in [0.15, 0.2) is 5.65 Å². The largest absolute Gasteiger partial charge is 0.335 e. The van der Waals surface area contributed by atoms with Crippen LogP contribution in [0, 0.1) is 6.92 Å². The number of rotatable bonds is 4. The van der Waals surface area contributed by atoms with Crippen molar-refractivity contribution in [3.63, 3.8) is 0 Å². The van der Waals surface area contributed by atoms with Gasteiger partial charge < -0.3 is 4.90 Å². The van der Waals surface area contributed by atoms with Crippen LogP contribution in [0.25, 0.3) is 5.65 Å². The Balaban J connectivity index is 1.50. The fourth-order valence-electron chi connectivity index (χ4n) is 3.63. The van der Waals surface area contributed by atoms with Gasteiger partial charge in [-0.1, -0.05) is 0 Å². The van der Waals surface area contributed by atoms with E-state index in [9.17, 15) is 4.79 Å². The molecule has 0 N–H and O–H groups in total. The van der Waals surface area contributed by atoms with E-state index < -0.39 is 0 Å². The molecule has 1 atom stereocenters. The van der Waals surface area contributed by atoms with Crippen molar-refractivity contribution >= 4 is 11.6 Å². The van der Waals surface area contributed by atoms with Crippen LogP contribution < -0.4 is 0 Å². The van der Waals surface area contributed by atoms with Gasteiger partial charge in [-0.25, -0.2) is 9.50 Å². The number of amides is 1. The van der Waals surface area contributed by atoms with Crippen molar-refractivity contribution in [3.05, 3.63) is 59.8 Å². The molecule has 3 aromatic rings. The number of carbonyl (C=O) groups excluding carboxylic acids is 1. The predicted molar refractivity (Wildman–Crippen MR) is 94.3 cm³/mol. The van der Waals surface area contributed by atoms with Crippen LogP contribution in [0.3, 0.4) is 0 Å². The average molecular weight is 335 g/mol. The lowest BCUT2D eigenvalue weighted by atomic mass is 10.0. The van der Waals surface area contributed by atoms with E-state index >= 15 is 0 Å². The van der Waals surface area contributed by atoms with Gasteiger partial charge in [0.2, 0.25) is 0 Å². The van der Waals surface area contributed by atoms with E-state index in [1.807, 2.05) is 30.3 Å². The summed E-state index contributed by atoms with van der Waals surface area (Å²) in [5.74, 6) is 0.0436. The Labute approximate surface area is 146 Å². The predicted octanol–water partition coefficient (Wildman–Crippen LogP) is 2.67. The molecule has 128 valence electrons. The first-order chi connectivity index (χ1) is 12.2. The number of fused-ring (bicyclic) bond motifs is 1. The molecule has 1 amide bonds. The molecule has 1 saturated heterocycles. The molecule has 0 saturated carbocycles. The number of hydrogen-bond donors (Lipinski definition) is 0. The summed E-state index contributed by atoms with van der Waals surface area (Å²) in [5.41, 5.74) is 3.54. The lowest BCUT2D eigenvalue weighted by Crippen LogP contribution is -2.35. The third kappa shape index (κ3) is 3.12. The molecule has 0 radical (unpaired) electrons. The van der Waals surface area contributed by atoms with Gasteiger partial charge in [0, 0.05) is 36.9 Å². The molecule has 6 heteroatoms. The number of pyridine rings is 1. The summed E-state index contributed by atoms with van der Waals surface area (Å²) in [5, 5.41) is 4.24. The van der Waals surface area contributed by atoms with Gasteiger partial charge in [-0.15, -0.1) is 0 Å². The fourth-order valence-corrected chi connectivity index (χ4v) is 3.63. The minimum absolute atomic E-state index is 0.0436. The van der Waals surface area contributed by atoms with Crippen LogP contribution in [0.4, 0.5) is 0 Å². The molecule has 4 rings (SSSR count). The van der Waals surface area contributed by atoms with Gasteiger partial charge in [-0.3, -0.25) is 9.78 Å². The first kappa shape index (κ1) is 15.7. The first-order valence-corrected chi connectivity index (χ1v) is 8.73. The van der Waals surface area contributed by atoms with Gasteiger partial charge in [-0.2, -0.15) is 5.10 Å². The number of nitrogens with zero attached hydrogens (tertiary/aromatic N) is 5. The molecule has 0 unspecified atom stereocenters. The summed E-state index contributed by atoms with van der Waals surface area (Å²) in [7, 11) is 0. The van der Waals surface area contributed by atoms with Gasteiger partial charge in [0.1, 0.15) is 5.56 Å². The van der Waals surface area contributed by atoms with E-state index in [0.717, 1.165) is 37.9 Å². The second kappa shape index (κ2) is 6.63. The molecule has 6 nitrogen and oxygen atoms in total. The van der Waals surface area contributed by atoms with Gasteiger partial charge >= 0.3 is 0 Å². The van der Waals surface area contributed by atoms with Crippen LogP contribution in [-0.4, -0.2) is 43.0 Å². The molecular weight excluding hydrogens is 314 g/mol. The first-order valence-electron chi connectivity index (χ1n) is 8.73. The molecule has 1 aliphatic heterocycles. The Morgan fingerprint density at radius 3 is 3.12 bits per heavy atom. The van der Waals surface area contributed by atoms with Gasteiger partial charge in [-0.05, 0) is 56.4 Å². The maximum atomic E-state index is 13.0. The summed E-state index contributed by atoms with van der Waals surface area (Å²) < 4.78 is 1.65. The van der Waals surface area contributed by atoms with E-state index in [1.54, 1.807) is 16.9 Å². The van der Waals surface area contributed by atoms with Crippen LogP contribution >= 0.6 is 0 Å². The van der Waals surface area contributed by atoms with Crippen LogP contribution in [0.5, 0.6) is 0 Å². The number of hydrogen-bond acceptors (Lipinski definition) is 4. The third-order valence-corrected chi connectivity index (χ3v) is 4.88. The summed E-state index contributed by atoms with van der Waals surface area (Å²) in [4.78, 5) is 23.6. The third-order valence-electron chi connectivity index (χ3n) is 4.88. The van der Waals surface area contributed by atoms with Crippen molar-refractivity contribution in [1.82, 2.24) is 24.5 Å². The number of carbonyl (C=O) groups is 1. The Hall–Kier alpha value is -2.76. The Morgan fingerprint density at radius 2 is 2.24 bits per heavy atom. The summed E-state index contributed by atoms with van der Waals surface area (Å²) in [6, 6.07) is 6.27. The standard InChI is InChI=1S/C19H21N5O/c1-14-12-15(7-9-20-14)5-6-16-4-2-10-23(16)19(25)17-13-22-24-11-3-8-21-18(17)24/h3,7-9,11-13,16H,2,4-6,10H2,1H3/t16-/m0/s1. The lowest BCUT2D eigenvalue weighted by molar-refractivity contribution is 0.0732. The topological polar surface area (TPSA) is 63.4 Å². The molecule has 0 bridgehead atoms. The molecule has 4 heterocycles. The highest BCUT2D eigenvalue weighted by atomic mass is 16.2. The van der Waals surface area contributed by atoms with E-state index in [4.69, 9.17) is 0 Å². The molecule has 1 fully saturated rings. The van der Waals surface area contributed by atoms with Gasteiger partial charge in [0.25, 0.3) is 5.91 Å². The molecule has 0 aromatic carbocycles.